The average molecular weight is 383 g/mol. The van der Waals surface area contributed by atoms with Crippen LogP contribution in [0.15, 0.2) is 28.8 Å². The molecule has 2 aromatic rings. The zero-order chi connectivity index (χ0) is 18.9. The normalized spacial score (nSPS) is 23.2. The van der Waals surface area contributed by atoms with Crippen LogP contribution in [-0.4, -0.2) is 77.1 Å². The number of hydrogen-bond donors (Lipinski definition) is 0. The van der Waals surface area contributed by atoms with Gasteiger partial charge in [0, 0.05) is 56.7 Å². The Bertz CT molecular complexity index is 815. The number of likely N-dealkylation sites (tertiary alicyclic amines) is 1. The van der Waals surface area contributed by atoms with Gasteiger partial charge < -0.3 is 9.42 Å². The van der Waals surface area contributed by atoms with Crippen LogP contribution in [0.2, 0.25) is 0 Å². The Balaban J connectivity index is 1.09. The lowest BCUT2D eigenvalue weighted by Gasteiger charge is -2.49. The highest BCUT2D eigenvalue weighted by molar-refractivity contribution is 5.86. The third-order valence-corrected chi connectivity index (χ3v) is 6.94. The minimum atomic E-state index is 0.163. The largest absolute Gasteiger partial charge is 0.356 e. The molecule has 2 aliphatic heterocycles. The number of benzene rings is 1. The number of nitrogens with zero attached hydrogens (tertiary/aromatic N) is 4. The SMILES string of the molecule is O=C(Cc1noc2ccccc12)N1CC(N2CCN(C3CCCCC3)CC2)C1. The summed E-state index contributed by atoms with van der Waals surface area (Å²) in [6.07, 6.45) is 7.35. The first-order chi connectivity index (χ1) is 13.8. The van der Waals surface area contributed by atoms with Crippen molar-refractivity contribution in [2.75, 3.05) is 39.3 Å². The van der Waals surface area contributed by atoms with Gasteiger partial charge in [0.25, 0.3) is 0 Å². The second kappa shape index (κ2) is 7.84. The fourth-order valence-electron chi connectivity index (χ4n) is 5.12. The first-order valence-electron chi connectivity index (χ1n) is 10.9. The van der Waals surface area contributed by atoms with Crippen LogP contribution < -0.4 is 0 Å². The molecule has 28 heavy (non-hydrogen) atoms. The van der Waals surface area contributed by atoms with Gasteiger partial charge >= 0.3 is 0 Å². The van der Waals surface area contributed by atoms with Crippen molar-refractivity contribution in [1.29, 1.82) is 0 Å². The van der Waals surface area contributed by atoms with Crippen LogP contribution in [0.3, 0.4) is 0 Å². The summed E-state index contributed by atoms with van der Waals surface area (Å²) >= 11 is 0. The molecule has 1 aliphatic carbocycles. The molecular formula is C22H30N4O2. The first kappa shape index (κ1) is 18.1. The summed E-state index contributed by atoms with van der Waals surface area (Å²) in [5.41, 5.74) is 1.51. The molecule has 0 spiro atoms. The summed E-state index contributed by atoms with van der Waals surface area (Å²) in [6, 6.07) is 9.11. The number of amides is 1. The van der Waals surface area contributed by atoms with Gasteiger partial charge in [-0.15, -0.1) is 0 Å². The van der Waals surface area contributed by atoms with Crippen molar-refractivity contribution in [3.8, 4) is 0 Å². The molecule has 6 nitrogen and oxygen atoms in total. The maximum absolute atomic E-state index is 12.6. The highest BCUT2D eigenvalue weighted by Crippen LogP contribution is 2.25. The highest BCUT2D eigenvalue weighted by atomic mass is 16.5. The van der Waals surface area contributed by atoms with Crippen LogP contribution in [0.25, 0.3) is 11.0 Å². The molecule has 1 saturated carbocycles. The fourth-order valence-corrected chi connectivity index (χ4v) is 5.12. The maximum Gasteiger partial charge on any atom is 0.228 e. The van der Waals surface area contributed by atoms with E-state index in [1.165, 1.54) is 45.2 Å². The Morgan fingerprint density at radius 2 is 1.64 bits per heavy atom. The lowest BCUT2D eigenvalue weighted by atomic mass is 9.93. The molecule has 1 aromatic carbocycles. The molecule has 3 fully saturated rings. The highest BCUT2D eigenvalue weighted by Gasteiger charge is 2.37. The minimum absolute atomic E-state index is 0.163. The number of rotatable bonds is 4. The van der Waals surface area contributed by atoms with Crippen molar-refractivity contribution < 1.29 is 9.32 Å². The molecule has 3 aliphatic rings. The summed E-state index contributed by atoms with van der Waals surface area (Å²) in [7, 11) is 0. The van der Waals surface area contributed by atoms with Crippen molar-refractivity contribution in [1.82, 2.24) is 19.9 Å². The van der Waals surface area contributed by atoms with Crippen LogP contribution >= 0.6 is 0 Å². The molecule has 1 aromatic heterocycles. The van der Waals surface area contributed by atoms with Gasteiger partial charge in [-0.25, -0.2) is 0 Å². The van der Waals surface area contributed by atoms with E-state index in [0.717, 1.165) is 48.9 Å². The van der Waals surface area contributed by atoms with E-state index in [1.54, 1.807) is 0 Å². The van der Waals surface area contributed by atoms with Crippen molar-refractivity contribution in [3.05, 3.63) is 30.0 Å². The van der Waals surface area contributed by atoms with E-state index in [9.17, 15) is 4.79 Å². The van der Waals surface area contributed by atoms with Crippen molar-refractivity contribution in [3.63, 3.8) is 0 Å². The third-order valence-electron chi connectivity index (χ3n) is 6.94. The monoisotopic (exact) mass is 382 g/mol. The van der Waals surface area contributed by atoms with Gasteiger partial charge in [-0.1, -0.05) is 36.6 Å². The first-order valence-corrected chi connectivity index (χ1v) is 10.9. The van der Waals surface area contributed by atoms with Crippen LogP contribution in [0.4, 0.5) is 0 Å². The Morgan fingerprint density at radius 1 is 0.964 bits per heavy atom. The number of aromatic nitrogens is 1. The quantitative estimate of drug-likeness (QED) is 0.813. The molecule has 0 radical (unpaired) electrons. The van der Waals surface area contributed by atoms with E-state index in [0.29, 0.717) is 12.5 Å². The predicted octanol–water partition coefficient (Wildman–Crippen LogP) is 2.53. The van der Waals surface area contributed by atoms with Crippen LogP contribution in [0.5, 0.6) is 0 Å². The Labute approximate surface area is 166 Å². The molecule has 6 heteroatoms. The van der Waals surface area contributed by atoms with E-state index in [1.807, 2.05) is 29.2 Å². The number of hydrogen-bond acceptors (Lipinski definition) is 5. The smallest absolute Gasteiger partial charge is 0.228 e. The van der Waals surface area contributed by atoms with Gasteiger partial charge in [-0.3, -0.25) is 14.6 Å². The average Bonchev–Trinajstić information content (AvgIpc) is 3.11. The summed E-state index contributed by atoms with van der Waals surface area (Å²) in [4.78, 5) is 19.9. The number of carbonyl (C=O) groups excluding carboxylic acids is 1. The van der Waals surface area contributed by atoms with Crippen LogP contribution in [0.1, 0.15) is 37.8 Å². The van der Waals surface area contributed by atoms with Gasteiger partial charge in [0.2, 0.25) is 5.91 Å². The van der Waals surface area contributed by atoms with E-state index < -0.39 is 0 Å². The number of carbonyl (C=O) groups is 1. The zero-order valence-electron chi connectivity index (χ0n) is 16.6. The van der Waals surface area contributed by atoms with Gasteiger partial charge in [0.05, 0.1) is 6.42 Å². The Morgan fingerprint density at radius 3 is 2.39 bits per heavy atom. The molecule has 1 amide bonds. The number of piperazine rings is 1. The molecule has 0 bridgehead atoms. The number of para-hydroxylation sites is 1. The van der Waals surface area contributed by atoms with Gasteiger partial charge in [-0.2, -0.15) is 0 Å². The lowest BCUT2D eigenvalue weighted by Crippen LogP contribution is -2.65. The summed E-state index contributed by atoms with van der Waals surface area (Å²) in [5.74, 6) is 0.163. The summed E-state index contributed by atoms with van der Waals surface area (Å²) in [6.45, 7) is 6.41. The Kier molecular flexibility index (Phi) is 5.07. The molecule has 0 unspecified atom stereocenters. The lowest BCUT2D eigenvalue weighted by molar-refractivity contribution is -0.138. The Hall–Kier alpha value is -1.92. The molecule has 3 heterocycles. The second-order valence-corrected chi connectivity index (χ2v) is 8.62. The standard InChI is InChI=1S/C22H30N4O2/c27-22(14-20-19-8-4-5-9-21(19)28-23-20)26-15-18(16-26)25-12-10-24(11-13-25)17-6-2-1-3-7-17/h4-5,8-9,17-18H,1-3,6-7,10-16H2. The number of fused-ring (bicyclic) bond motifs is 1. The van der Waals surface area contributed by atoms with Crippen LogP contribution in [-0.2, 0) is 11.2 Å². The molecule has 0 atom stereocenters. The van der Waals surface area contributed by atoms with Gasteiger partial charge in [0.15, 0.2) is 5.58 Å². The van der Waals surface area contributed by atoms with E-state index in [4.69, 9.17) is 4.52 Å². The second-order valence-electron chi connectivity index (χ2n) is 8.62. The van der Waals surface area contributed by atoms with Crippen molar-refractivity contribution in [2.45, 2.75) is 50.6 Å². The van der Waals surface area contributed by atoms with Gasteiger partial charge in [0.1, 0.15) is 5.69 Å². The molecule has 2 saturated heterocycles. The topological polar surface area (TPSA) is 52.8 Å². The van der Waals surface area contributed by atoms with E-state index >= 15 is 0 Å². The molecule has 5 rings (SSSR count). The van der Waals surface area contributed by atoms with Crippen molar-refractivity contribution in [2.24, 2.45) is 0 Å². The maximum atomic E-state index is 12.6. The predicted molar refractivity (Wildman–Crippen MR) is 108 cm³/mol. The summed E-state index contributed by atoms with van der Waals surface area (Å²) in [5, 5.41) is 5.05. The van der Waals surface area contributed by atoms with Gasteiger partial charge in [-0.05, 0) is 25.0 Å². The fraction of sp³-hybridized carbons (Fsp3) is 0.636. The summed E-state index contributed by atoms with van der Waals surface area (Å²) < 4.78 is 5.32. The van der Waals surface area contributed by atoms with Crippen LogP contribution in [0, 0.1) is 0 Å². The minimum Gasteiger partial charge on any atom is -0.356 e. The molecular weight excluding hydrogens is 352 g/mol. The van der Waals surface area contributed by atoms with Crippen molar-refractivity contribution >= 4 is 16.9 Å². The molecule has 0 N–H and O–H groups in total. The molecule has 150 valence electrons. The third kappa shape index (κ3) is 3.55. The van der Waals surface area contributed by atoms with E-state index in [-0.39, 0.29) is 5.91 Å². The zero-order valence-corrected chi connectivity index (χ0v) is 16.6. The van der Waals surface area contributed by atoms with E-state index in [2.05, 4.69) is 15.0 Å².